The highest BCUT2D eigenvalue weighted by Crippen LogP contribution is 2.55. The lowest BCUT2D eigenvalue weighted by molar-refractivity contribution is -0.394. The Balaban J connectivity index is 4.31. The Bertz CT molecular complexity index is 1010. The van der Waals surface area contributed by atoms with Gasteiger partial charge in [0.2, 0.25) is 5.82 Å². The Morgan fingerprint density at radius 3 is 1.03 bits per heavy atom. The molecule has 208 valence electrons. The lowest BCUT2D eigenvalue weighted by Crippen LogP contribution is -2.62. The second-order valence-corrected chi connectivity index (χ2v) is 6.24. The summed E-state index contributed by atoms with van der Waals surface area (Å²) >= 11 is 0. The number of rotatable bonds is 6. The van der Waals surface area contributed by atoms with Gasteiger partial charge in [-0.15, -0.1) is 0 Å². The molecule has 0 aliphatic heterocycles. The van der Waals surface area contributed by atoms with Gasteiger partial charge in [-0.25, -0.2) is 26.9 Å². The first-order chi connectivity index (χ1) is 15.5. The number of hydrogen-bond acceptors (Lipinski definition) is 1. The summed E-state index contributed by atoms with van der Waals surface area (Å²) in [5, 5.41) is 0. The van der Waals surface area contributed by atoms with Crippen LogP contribution in [-0.4, -0.2) is 47.8 Å². The number of alkyl halides is 16. The summed E-state index contributed by atoms with van der Waals surface area (Å²) in [6, 6.07) is -7.94. The predicted molar refractivity (Wildman–Crippen MR) is 69.6 cm³/mol. The van der Waals surface area contributed by atoms with Crippen molar-refractivity contribution in [3.63, 3.8) is 0 Å². The Hall–Kier alpha value is -2.58. The molecule has 36 heavy (non-hydrogen) atoms. The second-order valence-electron chi connectivity index (χ2n) is 6.24. The predicted octanol–water partition coefficient (Wildman–Crippen LogP) is 7.43. The van der Waals surface area contributed by atoms with E-state index in [0.717, 1.165) is 0 Å². The van der Waals surface area contributed by atoms with E-state index in [0.29, 0.717) is 0 Å². The molecular formula is C14F21N. The third kappa shape index (κ3) is 4.39. The van der Waals surface area contributed by atoms with Crippen molar-refractivity contribution in [2.75, 3.05) is 0 Å². The van der Waals surface area contributed by atoms with E-state index in [4.69, 9.17) is 0 Å². The first kappa shape index (κ1) is 31.4. The molecular weight excluding hydrogens is 581 g/mol. The Morgan fingerprint density at radius 1 is 0.417 bits per heavy atom. The first-order valence-corrected chi connectivity index (χ1v) is 7.67. The largest absolute Gasteiger partial charge is 0.460 e. The minimum Gasteiger partial charge on any atom is -0.208 e. The van der Waals surface area contributed by atoms with Crippen LogP contribution in [0.2, 0.25) is 0 Å². The molecule has 0 radical (unpaired) electrons. The van der Waals surface area contributed by atoms with Crippen LogP contribution in [0.3, 0.4) is 0 Å². The molecule has 1 aromatic rings. The Kier molecular flexibility index (Phi) is 7.41. The van der Waals surface area contributed by atoms with Gasteiger partial charge in [0.05, 0.1) is 5.56 Å². The lowest BCUT2D eigenvalue weighted by atomic mass is 9.96. The molecule has 0 unspecified atom stereocenters. The van der Waals surface area contributed by atoms with E-state index >= 15 is 0 Å². The molecule has 1 rings (SSSR count). The van der Waals surface area contributed by atoms with Crippen LogP contribution in [-0.2, 0) is 0 Å². The zero-order valence-electron chi connectivity index (χ0n) is 15.4. The van der Waals surface area contributed by atoms with Crippen LogP contribution >= 0.6 is 0 Å². The summed E-state index contributed by atoms with van der Waals surface area (Å²) in [7, 11) is 0. The molecule has 22 heteroatoms. The number of hydrogen-bond donors (Lipinski definition) is 0. The highest BCUT2D eigenvalue weighted by Gasteiger charge is 2.83. The van der Waals surface area contributed by atoms with Crippen molar-refractivity contribution in [2.24, 2.45) is 4.99 Å². The third-order valence-electron chi connectivity index (χ3n) is 3.87. The highest BCUT2D eigenvalue weighted by molar-refractivity contribution is 6.07. The summed E-state index contributed by atoms with van der Waals surface area (Å²) in [4.78, 5) is 0.203. The van der Waals surface area contributed by atoms with Crippen molar-refractivity contribution in [3.8, 4) is 0 Å². The van der Waals surface area contributed by atoms with E-state index in [1.807, 2.05) is 0 Å². The smallest absolute Gasteiger partial charge is 0.208 e. The molecule has 0 aliphatic carbocycles. The van der Waals surface area contributed by atoms with Gasteiger partial charge in [0.25, 0.3) is 0 Å². The maximum Gasteiger partial charge on any atom is 0.460 e. The summed E-state index contributed by atoms with van der Waals surface area (Å²) in [5.41, 5.74) is -8.88. The average Bonchev–Trinajstić information content (AvgIpc) is 2.67. The van der Waals surface area contributed by atoms with Crippen LogP contribution in [0.4, 0.5) is 92.2 Å². The standard InChI is InChI=1S/C14F21N/c15-2-1(3(16)5(18)6(19)4(2)17)7(8(20,21)9(22,23)12(28,29)30)36-14(34,35)11(26,27)10(24,25)13(31,32)33/b36-7-. The molecule has 0 saturated carbocycles. The molecule has 0 heterocycles. The molecule has 0 atom stereocenters. The van der Waals surface area contributed by atoms with Crippen molar-refractivity contribution in [1.29, 1.82) is 0 Å². The van der Waals surface area contributed by atoms with E-state index in [9.17, 15) is 92.2 Å². The number of nitrogens with zero attached hydrogens (tertiary/aromatic N) is 1. The minimum absolute atomic E-state index is 0.203. The Morgan fingerprint density at radius 2 is 0.722 bits per heavy atom. The number of aliphatic imine (C=N–C) groups is 1. The molecule has 0 N–H and O–H groups in total. The van der Waals surface area contributed by atoms with Crippen LogP contribution in [0.15, 0.2) is 4.99 Å². The maximum atomic E-state index is 14.0. The molecule has 0 spiro atoms. The van der Waals surface area contributed by atoms with Gasteiger partial charge in [-0.3, -0.25) is 0 Å². The van der Waals surface area contributed by atoms with Gasteiger partial charge in [0, 0.05) is 0 Å². The van der Waals surface area contributed by atoms with Crippen molar-refractivity contribution in [1.82, 2.24) is 0 Å². The SMILES string of the molecule is Fc1c(F)c(F)c(/C(=N/C(F)(F)C(F)(F)C(F)(F)C(F)(F)F)C(F)(F)C(F)(F)C(F)(F)F)c(F)c1F. The van der Waals surface area contributed by atoms with Crippen molar-refractivity contribution in [3.05, 3.63) is 34.6 Å². The zero-order valence-corrected chi connectivity index (χ0v) is 15.4. The topological polar surface area (TPSA) is 12.4 Å². The fraction of sp³-hybridized carbons (Fsp3) is 0.500. The summed E-state index contributed by atoms with van der Waals surface area (Å²) in [6.07, 6.45) is -15.5. The zero-order chi connectivity index (χ0) is 29.2. The summed E-state index contributed by atoms with van der Waals surface area (Å²) in [5.74, 6) is -50.8. The molecule has 0 fully saturated rings. The van der Waals surface area contributed by atoms with Crippen LogP contribution in [0.1, 0.15) is 5.56 Å². The van der Waals surface area contributed by atoms with Gasteiger partial charge in [0.1, 0.15) is 5.71 Å². The molecule has 0 aromatic heterocycles. The lowest BCUT2D eigenvalue weighted by Gasteiger charge is -2.34. The molecule has 0 saturated heterocycles. The highest BCUT2D eigenvalue weighted by atomic mass is 19.4. The van der Waals surface area contributed by atoms with Crippen LogP contribution < -0.4 is 0 Å². The van der Waals surface area contributed by atoms with Crippen LogP contribution in [0, 0.1) is 29.1 Å². The van der Waals surface area contributed by atoms with E-state index < -0.39 is 82.5 Å². The number of halogens is 21. The van der Waals surface area contributed by atoms with Gasteiger partial charge in [0.15, 0.2) is 23.3 Å². The van der Waals surface area contributed by atoms with E-state index in [-0.39, 0.29) is 4.99 Å². The number of benzene rings is 1. The minimum atomic E-state index is -8.21. The van der Waals surface area contributed by atoms with E-state index in [2.05, 4.69) is 0 Å². The van der Waals surface area contributed by atoms with Gasteiger partial charge < -0.3 is 0 Å². The molecule has 0 bridgehead atoms. The van der Waals surface area contributed by atoms with Crippen molar-refractivity contribution < 1.29 is 92.2 Å². The molecule has 0 aliphatic rings. The molecule has 0 amide bonds. The van der Waals surface area contributed by atoms with Crippen molar-refractivity contribution >= 4 is 5.71 Å². The third-order valence-corrected chi connectivity index (χ3v) is 3.87. The normalized spacial score (nSPS) is 15.5. The molecule has 1 nitrogen and oxygen atoms in total. The van der Waals surface area contributed by atoms with Crippen LogP contribution in [0.5, 0.6) is 0 Å². The Labute approximate surface area is 181 Å². The van der Waals surface area contributed by atoms with Crippen molar-refractivity contribution in [2.45, 2.75) is 42.1 Å². The van der Waals surface area contributed by atoms with Gasteiger partial charge >= 0.3 is 42.1 Å². The van der Waals surface area contributed by atoms with E-state index in [1.165, 1.54) is 0 Å². The van der Waals surface area contributed by atoms with E-state index in [1.54, 1.807) is 0 Å². The van der Waals surface area contributed by atoms with Crippen LogP contribution in [0.25, 0.3) is 0 Å². The van der Waals surface area contributed by atoms with Gasteiger partial charge in [-0.1, -0.05) is 0 Å². The fourth-order valence-corrected chi connectivity index (χ4v) is 2.00. The molecule has 1 aromatic carbocycles. The average molecular weight is 581 g/mol. The second kappa shape index (κ2) is 8.48. The van der Waals surface area contributed by atoms with Gasteiger partial charge in [-0.05, 0) is 0 Å². The monoisotopic (exact) mass is 581 g/mol. The summed E-state index contributed by atoms with van der Waals surface area (Å²) in [6.45, 7) is 0. The maximum absolute atomic E-state index is 14.0. The first-order valence-electron chi connectivity index (χ1n) is 7.67. The fourth-order valence-electron chi connectivity index (χ4n) is 2.00. The summed E-state index contributed by atoms with van der Waals surface area (Å²) < 4.78 is 274. The van der Waals surface area contributed by atoms with Gasteiger partial charge in [-0.2, -0.15) is 70.2 Å². The quantitative estimate of drug-likeness (QED) is 0.109.